The number of nitrogens with zero attached hydrogens (tertiary/aromatic N) is 3. The van der Waals surface area contributed by atoms with E-state index in [0.29, 0.717) is 5.69 Å². The van der Waals surface area contributed by atoms with E-state index in [2.05, 4.69) is 26.2 Å². The summed E-state index contributed by atoms with van der Waals surface area (Å²) in [5, 5.41) is 7.69. The van der Waals surface area contributed by atoms with Gasteiger partial charge < -0.3 is 0 Å². The van der Waals surface area contributed by atoms with Crippen molar-refractivity contribution in [3.05, 3.63) is 40.1 Å². The summed E-state index contributed by atoms with van der Waals surface area (Å²) in [4.78, 5) is 11.4. The fraction of sp³-hybridized carbons (Fsp3) is 0.182. The molecule has 0 spiro atoms. The maximum atomic E-state index is 11.4. The summed E-state index contributed by atoms with van der Waals surface area (Å²) in [6.45, 7) is 3.47. The molecular formula is C11H10BrN3O. The van der Waals surface area contributed by atoms with Gasteiger partial charge in [0.25, 0.3) is 0 Å². The van der Waals surface area contributed by atoms with Crippen molar-refractivity contribution < 1.29 is 4.79 Å². The first-order chi connectivity index (χ1) is 7.59. The van der Waals surface area contributed by atoms with Gasteiger partial charge in [0.1, 0.15) is 5.69 Å². The van der Waals surface area contributed by atoms with Gasteiger partial charge in [0.2, 0.25) is 0 Å². The third kappa shape index (κ3) is 1.90. The van der Waals surface area contributed by atoms with Gasteiger partial charge in [0.05, 0.1) is 11.9 Å². The second-order valence-electron chi connectivity index (χ2n) is 3.52. The normalized spacial score (nSPS) is 10.4. The van der Waals surface area contributed by atoms with Gasteiger partial charge in [0.15, 0.2) is 5.78 Å². The summed E-state index contributed by atoms with van der Waals surface area (Å²) in [6.07, 6.45) is 1.48. The fourth-order valence-electron chi connectivity index (χ4n) is 1.51. The molecule has 0 aliphatic heterocycles. The molecule has 4 nitrogen and oxygen atoms in total. The van der Waals surface area contributed by atoms with Crippen molar-refractivity contribution >= 4 is 21.7 Å². The average Bonchev–Trinajstić information content (AvgIpc) is 2.66. The smallest absolute Gasteiger partial charge is 0.179 e. The first kappa shape index (κ1) is 11.0. The molecule has 0 unspecified atom stereocenters. The van der Waals surface area contributed by atoms with Crippen LogP contribution in [0.3, 0.4) is 0 Å². The Morgan fingerprint density at radius 2 is 2.19 bits per heavy atom. The highest BCUT2D eigenvalue weighted by Crippen LogP contribution is 2.19. The predicted molar refractivity (Wildman–Crippen MR) is 63.8 cm³/mol. The Balaban J connectivity index is 2.59. The maximum absolute atomic E-state index is 11.4. The largest absolute Gasteiger partial charge is 0.293 e. The van der Waals surface area contributed by atoms with Crippen LogP contribution in [0.15, 0.2) is 28.9 Å². The zero-order valence-corrected chi connectivity index (χ0v) is 10.5. The second kappa shape index (κ2) is 4.17. The molecule has 0 aliphatic carbocycles. The van der Waals surface area contributed by atoms with E-state index < -0.39 is 0 Å². The molecule has 5 heteroatoms. The van der Waals surface area contributed by atoms with Crippen LogP contribution in [0, 0.1) is 6.92 Å². The second-order valence-corrected chi connectivity index (χ2v) is 4.43. The van der Waals surface area contributed by atoms with E-state index in [9.17, 15) is 4.79 Å². The van der Waals surface area contributed by atoms with Crippen LogP contribution in [-0.2, 0) is 0 Å². The molecule has 1 aromatic heterocycles. The van der Waals surface area contributed by atoms with Gasteiger partial charge in [-0.15, -0.1) is 5.10 Å². The first-order valence-electron chi connectivity index (χ1n) is 4.78. The number of hydrogen-bond acceptors (Lipinski definition) is 3. The van der Waals surface area contributed by atoms with Crippen molar-refractivity contribution in [1.82, 2.24) is 15.0 Å². The number of aromatic nitrogens is 3. The van der Waals surface area contributed by atoms with E-state index in [1.165, 1.54) is 13.1 Å². The monoisotopic (exact) mass is 279 g/mol. The van der Waals surface area contributed by atoms with Crippen LogP contribution >= 0.6 is 15.9 Å². The average molecular weight is 280 g/mol. The third-order valence-corrected chi connectivity index (χ3v) is 2.79. The van der Waals surface area contributed by atoms with Crippen molar-refractivity contribution in [3.8, 4) is 5.69 Å². The standard InChI is InChI=1S/C11H10BrN3O/c1-7-5-9(12)3-4-10(7)15-11(8(2)16)6-13-14-15/h3-6H,1-2H3. The number of halogens is 1. The lowest BCUT2D eigenvalue weighted by atomic mass is 10.2. The summed E-state index contributed by atoms with van der Waals surface area (Å²) in [7, 11) is 0. The van der Waals surface area contributed by atoms with E-state index >= 15 is 0 Å². The van der Waals surface area contributed by atoms with E-state index in [0.717, 1.165) is 15.7 Å². The summed E-state index contributed by atoms with van der Waals surface area (Å²) in [5.74, 6) is -0.0488. The molecule has 1 aromatic carbocycles. The minimum absolute atomic E-state index is 0.0488. The predicted octanol–water partition coefficient (Wildman–Crippen LogP) is 2.54. The van der Waals surface area contributed by atoms with Crippen molar-refractivity contribution in [3.63, 3.8) is 0 Å². The summed E-state index contributed by atoms with van der Waals surface area (Å²) in [5.41, 5.74) is 2.39. The van der Waals surface area contributed by atoms with Crippen LogP contribution in [-0.4, -0.2) is 20.8 Å². The van der Waals surface area contributed by atoms with Crippen LogP contribution in [0.1, 0.15) is 23.0 Å². The molecule has 0 aliphatic rings. The molecule has 16 heavy (non-hydrogen) atoms. The van der Waals surface area contributed by atoms with Gasteiger partial charge in [0, 0.05) is 11.4 Å². The quantitative estimate of drug-likeness (QED) is 0.794. The zero-order valence-electron chi connectivity index (χ0n) is 8.94. The number of carbonyl (C=O) groups excluding carboxylic acids is 1. The number of Topliss-reactive ketones (excluding diaryl/α,β-unsaturated/α-hetero) is 1. The lowest BCUT2D eigenvalue weighted by Gasteiger charge is -2.07. The first-order valence-corrected chi connectivity index (χ1v) is 5.57. The Hall–Kier alpha value is -1.49. The SMILES string of the molecule is CC(=O)c1cnnn1-c1ccc(Br)cc1C. The van der Waals surface area contributed by atoms with Crippen LogP contribution in [0.25, 0.3) is 5.69 Å². The molecule has 2 aromatic rings. The Morgan fingerprint density at radius 1 is 1.44 bits per heavy atom. The number of benzene rings is 1. The number of carbonyl (C=O) groups is 1. The van der Waals surface area contributed by atoms with Gasteiger partial charge in [-0.25, -0.2) is 4.68 Å². The number of rotatable bonds is 2. The summed E-state index contributed by atoms with van der Waals surface area (Å²) in [6, 6.07) is 5.79. The lowest BCUT2D eigenvalue weighted by Crippen LogP contribution is -2.07. The molecular weight excluding hydrogens is 270 g/mol. The topological polar surface area (TPSA) is 47.8 Å². The fourth-order valence-corrected chi connectivity index (χ4v) is 1.99. The van der Waals surface area contributed by atoms with Gasteiger partial charge >= 0.3 is 0 Å². The van der Waals surface area contributed by atoms with E-state index in [-0.39, 0.29) is 5.78 Å². The van der Waals surface area contributed by atoms with Gasteiger partial charge in [-0.05, 0) is 30.7 Å². The summed E-state index contributed by atoms with van der Waals surface area (Å²) >= 11 is 3.39. The minimum atomic E-state index is -0.0488. The molecule has 82 valence electrons. The third-order valence-electron chi connectivity index (χ3n) is 2.30. The van der Waals surface area contributed by atoms with E-state index in [1.54, 1.807) is 4.68 Å². The Bertz CT molecular complexity index is 548. The Morgan fingerprint density at radius 3 is 2.81 bits per heavy atom. The minimum Gasteiger partial charge on any atom is -0.293 e. The molecule has 0 radical (unpaired) electrons. The van der Waals surface area contributed by atoms with Crippen molar-refractivity contribution in [2.24, 2.45) is 0 Å². The van der Waals surface area contributed by atoms with Crippen molar-refractivity contribution in [1.29, 1.82) is 0 Å². The molecule has 0 N–H and O–H groups in total. The molecule has 1 heterocycles. The summed E-state index contributed by atoms with van der Waals surface area (Å²) < 4.78 is 2.56. The molecule has 2 rings (SSSR count). The maximum Gasteiger partial charge on any atom is 0.179 e. The van der Waals surface area contributed by atoms with Gasteiger partial charge in [-0.3, -0.25) is 4.79 Å². The van der Waals surface area contributed by atoms with Crippen molar-refractivity contribution in [2.45, 2.75) is 13.8 Å². The Kier molecular flexibility index (Phi) is 2.87. The molecule has 0 saturated carbocycles. The van der Waals surface area contributed by atoms with Crippen LogP contribution < -0.4 is 0 Å². The number of ketones is 1. The van der Waals surface area contributed by atoms with Crippen molar-refractivity contribution in [2.75, 3.05) is 0 Å². The molecule has 0 bridgehead atoms. The van der Waals surface area contributed by atoms with Crippen LogP contribution in [0.2, 0.25) is 0 Å². The van der Waals surface area contributed by atoms with Gasteiger partial charge in [-0.2, -0.15) is 0 Å². The molecule has 0 saturated heterocycles. The van der Waals surface area contributed by atoms with E-state index in [4.69, 9.17) is 0 Å². The Labute approximate surface area is 101 Å². The lowest BCUT2D eigenvalue weighted by molar-refractivity contribution is 0.101. The molecule has 0 atom stereocenters. The highest BCUT2D eigenvalue weighted by atomic mass is 79.9. The van der Waals surface area contributed by atoms with E-state index in [1.807, 2.05) is 25.1 Å². The molecule has 0 fully saturated rings. The van der Waals surface area contributed by atoms with Crippen LogP contribution in [0.4, 0.5) is 0 Å². The van der Waals surface area contributed by atoms with Gasteiger partial charge in [-0.1, -0.05) is 21.1 Å². The zero-order chi connectivity index (χ0) is 11.7. The number of aryl methyl sites for hydroxylation is 1. The highest BCUT2D eigenvalue weighted by molar-refractivity contribution is 9.10. The van der Waals surface area contributed by atoms with Crippen LogP contribution in [0.5, 0.6) is 0 Å². The molecule has 0 amide bonds. The number of hydrogen-bond donors (Lipinski definition) is 0. The highest BCUT2D eigenvalue weighted by Gasteiger charge is 2.11.